The normalized spacial score (nSPS) is 13.6. The third-order valence-electron chi connectivity index (χ3n) is 2.72. The van der Waals surface area contributed by atoms with Crippen LogP contribution in [0, 0.1) is 5.82 Å². The molecule has 112 valence electrons. The molecule has 2 unspecified atom stereocenters. The number of ether oxygens (including phenoxy) is 1. The van der Waals surface area contributed by atoms with Gasteiger partial charge in [-0.3, -0.25) is 0 Å². The lowest BCUT2D eigenvalue weighted by atomic mass is 10.1. The molecule has 0 aromatic heterocycles. The highest BCUT2D eigenvalue weighted by Gasteiger charge is 2.11. The van der Waals surface area contributed by atoms with Crippen LogP contribution in [0.5, 0.6) is 0 Å². The molecule has 0 aliphatic heterocycles. The van der Waals surface area contributed by atoms with Crippen molar-refractivity contribution < 1.29 is 19.0 Å². The second-order valence-electron chi connectivity index (χ2n) is 4.66. The van der Waals surface area contributed by atoms with Gasteiger partial charge in [0.1, 0.15) is 5.82 Å². The van der Waals surface area contributed by atoms with Crippen molar-refractivity contribution in [2.75, 3.05) is 20.3 Å². The van der Waals surface area contributed by atoms with Crippen molar-refractivity contribution in [3.8, 4) is 0 Å². The third kappa shape index (κ3) is 5.99. The van der Waals surface area contributed by atoms with Gasteiger partial charge in [-0.2, -0.15) is 0 Å². The number of hydrogen-bond acceptors (Lipinski definition) is 3. The van der Waals surface area contributed by atoms with Gasteiger partial charge < -0.3 is 20.5 Å². The molecule has 0 saturated heterocycles. The summed E-state index contributed by atoms with van der Waals surface area (Å²) in [6.07, 6.45) is -0.339. The maximum Gasteiger partial charge on any atom is 0.315 e. The topological polar surface area (TPSA) is 70.6 Å². The Morgan fingerprint density at radius 3 is 2.80 bits per heavy atom. The van der Waals surface area contributed by atoms with E-state index in [4.69, 9.17) is 4.74 Å². The van der Waals surface area contributed by atoms with Crippen molar-refractivity contribution in [2.24, 2.45) is 0 Å². The van der Waals surface area contributed by atoms with E-state index >= 15 is 0 Å². The quantitative estimate of drug-likeness (QED) is 0.701. The third-order valence-corrected chi connectivity index (χ3v) is 2.72. The Kier molecular flexibility index (Phi) is 6.97. The van der Waals surface area contributed by atoms with Crippen molar-refractivity contribution >= 4 is 6.03 Å². The lowest BCUT2D eigenvalue weighted by Crippen LogP contribution is -2.44. The SMILES string of the molecule is COCC(O)CNC(=O)NC(C)Cc1ccccc1F. The van der Waals surface area contributed by atoms with Gasteiger partial charge in [0.05, 0.1) is 12.7 Å². The van der Waals surface area contributed by atoms with Gasteiger partial charge in [-0.15, -0.1) is 0 Å². The van der Waals surface area contributed by atoms with Crippen LogP contribution in [0.1, 0.15) is 12.5 Å². The van der Waals surface area contributed by atoms with Gasteiger partial charge in [0.25, 0.3) is 0 Å². The molecule has 5 nitrogen and oxygen atoms in total. The molecule has 1 rings (SSSR count). The average Bonchev–Trinajstić information content (AvgIpc) is 2.39. The molecular weight excluding hydrogens is 263 g/mol. The molecule has 20 heavy (non-hydrogen) atoms. The molecule has 0 aliphatic rings. The van der Waals surface area contributed by atoms with Crippen LogP contribution in [0.3, 0.4) is 0 Å². The Hall–Kier alpha value is -1.66. The zero-order valence-electron chi connectivity index (χ0n) is 11.7. The van der Waals surface area contributed by atoms with Crippen LogP contribution in [0.15, 0.2) is 24.3 Å². The fourth-order valence-corrected chi connectivity index (χ4v) is 1.78. The van der Waals surface area contributed by atoms with E-state index in [-0.39, 0.29) is 25.0 Å². The molecule has 3 N–H and O–H groups in total. The van der Waals surface area contributed by atoms with E-state index in [2.05, 4.69) is 10.6 Å². The minimum atomic E-state index is -0.743. The minimum absolute atomic E-state index is 0.103. The number of carbonyl (C=O) groups is 1. The number of nitrogens with one attached hydrogen (secondary N) is 2. The fraction of sp³-hybridized carbons (Fsp3) is 0.500. The highest BCUT2D eigenvalue weighted by atomic mass is 19.1. The van der Waals surface area contributed by atoms with Crippen LogP contribution in [0.25, 0.3) is 0 Å². The van der Waals surface area contributed by atoms with E-state index < -0.39 is 12.1 Å². The summed E-state index contributed by atoms with van der Waals surface area (Å²) in [5.41, 5.74) is 0.555. The number of carbonyl (C=O) groups excluding carboxylic acids is 1. The molecule has 0 aliphatic carbocycles. The van der Waals surface area contributed by atoms with Crippen LogP contribution in [-0.2, 0) is 11.2 Å². The predicted molar refractivity (Wildman–Crippen MR) is 74.0 cm³/mol. The van der Waals surface area contributed by atoms with Gasteiger partial charge >= 0.3 is 6.03 Å². The van der Waals surface area contributed by atoms with E-state index in [0.717, 1.165) is 0 Å². The number of benzene rings is 1. The summed E-state index contributed by atoms with van der Waals surface area (Å²) in [6, 6.07) is 5.85. The van der Waals surface area contributed by atoms with E-state index in [1.807, 2.05) is 0 Å². The molecule has 0 saturated carbocycles. The zero-order chi connectivity index (χ0) is 15.0. The summed E-state index contributed by atoms with van der Waals surface area (Å²) >= 11 is 0. The largest absolute Gasteiger partial charge is 0.389 e. The van der Waals surface area contributed by atoms with Gasteiger partial charge in [0.15, 0.2) is 0 Å². The summed E-state index contributed by atoms with van der Waals surface area (Å²) in [5, 5.41) is 14.6. The maximum atomic E-state index is 13.5. The predicted octanol–water partition coefficient (Wildman–Crippen LogP) is 1.06. The second kappa shape index (κ2) is 8.50. The first-order chi connectivity index (χ1) is 9.52. The molecule has 0 spiro atoms. The number of aliphatic hydroxyl groups excluding tert-OH is 1. The Bertz CT molecular complexity index is 429. The fourth-order valence-electron chi connectivity index (χ4n) is 1.78. The monoisotopic (exact) mass is 284 g/mol. The van der Waals surface area contributed by atoms with E-state index in [1.165, 1.54) is 13.2 Å². The number of urea groups is 1. The number of halogens is 1. The Morgan fingerprint density at radius 2 is 2.15 bits per heavy atom. The number of rotatable bonds is 7. The van der Waals surface area contributed by atoms with Crippen molar-refractivity contribution in [2.45, 2.75) is 25.5 Å². The second-order valence-corrected chi connectivity index (χ2v) is 4.66. The van der Waals surface area contributed by atoms with Crippen LogP contribution in [0.4, 0.5) is 9.18 Å². The highest BCUT2D eigenvalue weighted by Crippen LogP contribution is 2.08. The molecule has 0 fully saturated rings. The maximum absolute atomic E-state index is 13.5. The summed E-state index contributed by atoms with van der Waals surface area (Å²) in [5.74, 6) is -0.280. The standard InChI is InChI=1S/C14H21FN2O3/c1-10(7-11-5-3-4-6-13(11)15)17-14(19)16-8-12(18)9-20-2/h3-6,10,12,18H,7-9H2,1-2H3,(H2,16,17,19). The van der Waals surface area contributed by atoms with E-state index in [9.17, 15) is 14.3 Å². The Morgan fingerprint density at radius 1 is 1.45 bits per heavy atom. The van der Waals surface area contributed by atoms with Gasteiger partial charge in [0, 0.05) is 19.7 Å². The van der Waals surface area contributed by atoms with Gasteiger partial charge in [0.2, 0.25) is 0 Å². The van der Waals surface area contributed by atoms with Crippen molar-refractivity contribution in [1.82, 2.24) is 10.6 Å². The van der Waals surface area contributed by atoms with E-state index in [1.54, 1.807) is 25.1 Å². The van der Waals surface area contributed by atoms with Crippen molar-refractivity contribution in [3.05, 3.63) is 35.6 Å². The average molecular weight is 284 g/mol. The first-order valence-electron chi connectivity index (χ1n) is 6.47. The minimum Gasteiger partial charge on any atom is -0.389 e. The van der Waals surface area contributed by atoms with Crippen molar-refractivity contribution in [1.29, 1.82) is 0 Å². The van der Waals surface area contributed by atoms with Gasteiger partial charge in [-0.1, -0.05) is 18.2 Å². The van der Waals surface area contributed by atoms with Crippen LogP contribution in [-0.4, -0.2) is 43.5 Å². The summed E-state index contributed by atoms with van der Waals surface area (Å²) in [7, 11) is 1.47. The number of aliphatic hydroxyl groups is 1. The summed E-state index contributed by atoms with van der Waals surface area (Å²) in [4.78, 5) is 11.6. The molecule has 6 heteroatoms. The van der Waals surface area contributed by atoms with Gasteiger partial charge in [-0.25, -0.2) is 9.18 Å². The van der Waals surface area contributed by atoms with E-state index in [0.29, 0.717) is 12.0 Å². The van der Waals surface area contributed by atoms with Gasteiger partial charge in [-0.05, 0) is 25.0 Å². The smallest absolute Gasteiger partial charge is 0.315 e. The molecule has 0 bridgehead atoms. The molecule has 0 radical (unpaired) electrons. The molecule has 2 amide bonds. The molecule has 1 aromatic rings. The number of hydrogen-bond donors (Lipinski definition) is 3. The summed E-state index contributed by atoms with van der Waals surface area (Å²) < 4.78 is 18.2. The van der Waals surface area contributed by atoms with Crippen LogP contribution >= 0.6 is 0 Å². The van der Waals surface area contributed by atoms with Crippen LogP contribution in [0.2, 0.25) is 0 Å². The molecule has 0 heterocycles. The molecule has 1 aromatic carbocycles. The summed E-state index contributed by atoms with van der Waals surface area (Å²) in [6.45, 7) is 2.05. The highest BCUT2D eigenvalue weighted by molar-refractivity contribution is 5.74. The Balaban J connectivity index is 2.33. The lowest BCUT2D eigenvalue weighted by Gasteiger charge is -2.16. The van der Waals surface area contributed by atoms with Crippen molar-refractivity contribution in [3.63, 3.8) is 0 Å². The lowest BCUT2D eigenvalue weighted by molar-refractivity contribution is 0.0659. The Labute approximate surface area is 118 Å². The molecule has 2 atom stereocenters. The number of methoxy groups -OCH3 is 1. The first-order valence-corrected chi connectivity index (χ1v) is 6.47. The molecular formula is C14H21FN2O3. The van der Waals surface area contributed by atoms with Crippen LogP contribution < -0.4 is 10.6 Å². The zero-order valence-corrected chi connectivity index (χ0v) is 11.7. The first kappa shape index (κ1) is 16.4. The number of amides is 2.